The molecular weight excluding hydrogens is 288 g/mol. The topological polar surface area (TPSA) is 17.0 Å². The van der Waals surface area contributed by atoms with Crippen molar-refractivity contribution in [2.24, 2.45) is 0 Å². The molecular formula is C15H19BrN2. The number of hydrogen-bond acceptors (Lipinski definition) is 1. The van der Waals surface area contributed by atoms with E-state index in [0.717, 1.165) is 10.9 Å². The molecule has 0 bridgehead atoms. The molecule has 2 aromatic rings. The first kappa shape index (κ1) is 13.2. The highest BCUT2D eigenvalue weighted by Gasteiger charge is 2.06. The van der Waals surface area contributed by atoms with Crippen LogP contribution < -0.4 is 5.43 Å². The normalized spacial score (nSPS) is 12.4. The van der Waals surface area contributed by atoms with Crippen molar-refractivity contribution >= 4 is 15.9 Å². The van der Waals surface area contributed by atoms with Crippen LogP contribution in [0.25, 0.3) is 0 Å². The first-order valence-electron chi connectivity index (χ1n) is 6.22. The maximum atomic E-state index is 3.53. The number of nitrogens with one attached hydrogen (secondary N) is 1. The van der Waals surface area contributed by atoms with Gasteiger partial charge in [-0.3, -0.25) is 4.68 Å². The molecule has 18 heavy (non-hydrogen) atoms. The molecule has 0 saturated heterocycles. The molecule has 3 heteroatoms. The summed E-state index contributed by atoms with van der Waals surface area (Å²) < 4.78 is 3.28. The molecule has 0 spiro atoms. The van der Waals surface area contributed by atoms with Crippen molar-refractivity contribution in [1.82, 2.24) is 4.68 Å². The first-order valence-corrected chi connectivity index (χ1v) is 7.01. The number of hydrogen-bond donors (Lipinski definition) is 1. The van der Waals surface area contributed by atoms with Crippen LogP contribution in [0, 0.1) is 13.8 Å². The Morgan fingerprint density at radius 1 is 1.06 bits per heavy atom. The Morgan fingerprint density at radius 2 is 1.61 bits per heavy atom. The lowest BCUT2D eigenvalue weighted by Gasteiger charge is -2.19. The molecule has 2 nitrogen and oxygen atoms in total. The van der Waals surface area contributed by atoms with Crippen LogP contribution in [-0.2, 0) is 6.42 Å². The minimum Gasteiger partial charge on any atom is -0.323 e. The molecule has 0 fully saturated rings. The Morgan fingerprint density at radius 3 is 2.17 bits per heavy atom. The third kappa shape index (κ3) is 3.16. The summed E-state index contributed by atoms with van der Waals surface area (Å²) in [4.78, 5) is 0. The van der Waals surface area contributed by atoms with Crippen molar-refractivity contribution in [2.75, 3.05) is 5.43 Å². The molecule has 1 N–H and O–H groups in total. The fourth-order valence-corrected chi connectivity index (χ4v) is 2.38. The maximum Gasteiger partial charge on any atom is 0.0436 e. The van der Waals surface area contributed by atoms with Gasteiger partial charge in [-0.25, -0.2) is 0 Å². The Labute approximate surface area is 117 Å². The average Bonchev–Trinajstić information content (AvgIpc) is 2.64. The highest BCUT2D eigenvalue weighted by atomic mass is 79.9. The largest absolute Gasteiger partial charge is 0.323 e. The lowest BCUT2D eigenvalue weighted by Crippen LogP contribution is -2.28. The van der Waals surface area contributed by atoms with Crippen molar-refractivity contribution in [3.63, 3.8) is 0 Å². The fourth-order valence-electron chi connectivity index (χ4n) is 2.11. The molecule has 2 rings (SSSR count). The third-order valence-corrected chi connectivity index (χ3v) is 3.60. The Kier molecular flexibility index (Phi) is 4.12. The zero-order valence-electron chi connectivity index (χ0n) is 11.1. The Bertz CT molecular complexity index is 494. The van der Waals surface area contributed by atoms with E-state index < -0.39 is 0 Å². The minimum atomic E-state index is 0.399. The van der Waals surface area contributed by atoms with Crippen molar-refractivity contribution in [1.29, 1.82) is 0 Å². The summed E-state index contributed by atoms with van der Waals surface area (Å²) >= 11 is 3.46. The summed E-state index contributed by atoms with van der Waals surface area (Å²) in [6.45, 7) is 6.44. The first-order chi connectivity index (χ1) is 8.56. The van der Waals surface area contributed by atoms with Crippen LogP contribution in [0.2, 0.25) is 0 Å². The van der Waals surface area contributed by atoms with Crippen molar-refractivity contribution in [3.8, 4) is 0 Å². The number of benzene rings is 1. The van der Waals surface area contributed by atoms with Gasteiger partial charge in [0, 0.05) is 21.9 Å². The Hall–Kier alpha value is -1.22. The highest BCUT2D eigenvalue weighted by Crippen LogP contribution is 2.13. The zero-order valence-corrected chi connectivity index (χ0v) is 12.7. The molecule has 1 aromatic heterocycles. The van der Waals surface area contributed by atoms with Gasteiger partial charge in [-0.15, -0.1) is 0 Å². The molecule has 1 unspecified atom stereocenters. The minimum absolute atomic E-state index is 0.399. The van der Waals surface area contributed by atoms with Gasteiger partial charge in [-0.05, 0) is 57.0 Å². The second-order valence-corrected chi connectivity index (χ2v) is 5.73. The number of aryl methyl sites for hydroxylation is 2. The van der Waals surface area contributed by atoms with E-state index in [2.05, 4.69) is 83.2 Å². The van der Waals surface area contributed by atoms with E-state index in [1.807, 2.05) is 0 Å². The molecule has 0 aliphatic carbocycles. The predicted molar refractivity (Wildman–Crippen MR) is 80.6 cm³/mol. The number of halogens is 1. The lowest BCUT2D eigenvalue weighted by molar-refractivity contribution is 0.662. The van der Waals surface area contributed by atoms with Crippen molar-refractivity contribution in [3.05, 3.63) is 57.8 Å². The van der Waals surface area contributed by atoms with Crippen LogP contribution in [-0.4, -0.2) is 10.7 Å². The van der Waals surface area contributed by atoms with Crippen molar-refractivity contribution < 1.29 is 0 Å². The SMILES string of the molecule is Cc1ccc(C)n1NC(C)Cc1ccc(Br)cc1. The van der Waals surface area contributed by atoms with Gasteiger partial charge < -0.3 is 5.43 Å². The van der Waals surface area contributed by atoms with Crippen LogP contribution in [0.5, 0.6) is 0 Å². The number of rotatable bonds is 4. The number of nitrogens with zero attached hydrogens (tertiary/aromatic N) is 1. The lowest BCUT2D eigenvalue weighted by atomic mass is 10.1. The highest BCUT2D eigenvalue weighted by molar-refractivity contribution is 9.10. The summed E-state index contributed by atoms with van der Waals surface area (Å²) in [6.07, 6.45) is 1.02. The van der Waals surface area contributed by atoms with E-state index in [9.17, 15) is 0 Å². The summed E-state index contributed by atoms with van der Waals surface area (Å²) in [5.74, 6) is 0. The molecule has 1 atom stereocenters. The molecule has 1 heterocycles. The summed E-state index contributed by atoms with van der Waals surface area (Å²) in [5.41, 5.74) is 7.37. The molecule has 96 valence electrons. The van der Waals surface area contributed by atoms with E-state index >= 15 is 0 Å². The van der Waals surface area contributed by atoms with Gasteiger partial charge in [-0.1, -0.05) is 28.1 Å². The smallest absolute Gasteiger partial charge is 0.0436 e. The van der Waals surface area contributed by atoms with E-state index in [1.165, 1.54) is 17.0 Å². The quantitative estimate of drug-likeness (QED) is 0.902. The molecule has 0 radical (unpaired) electrons. The van der Waals surface area contributed by atoms with Gasteiger partial charge in [0.1, 0.15) is 0 Å². The molecule has 0 aliphatic rings. The standard InChI is InChI=1S/C15H19BrN2/c1-11(10-14-6-8-15(16)9-7-14)17-18-12(2)4-5-13(18)3/h4-9,11,17H,10H2,1-3H3. The summed E-state index contributed by atoms with van der Waals surface area (Å²) in [6, 6.07) is 13.2. The van der Waals surface area contributed by atoms with Gasteiger partial charge in [-0.2, -0.15) is 0 Å². The van der Waals surface area contributed by atoms with Crippen LogP contribution in [0.1, 0.15) is 23.9 Å². The van der Waals surface area contributed by atoms with E-state index in [1.54, 1.807) is 0 Å². The molecule has 0 aliphatic heterocycles. The van der Waals surface area contributed by atoms with Gasteiger partial charge in [0.15, 0.2) is 0 Å². The van der Waals surface area contributed by atoms with Crippen LogP contribution in [0.15, 0.2) is 40.9 Å². The van der Waals surface area contributed by atoms with Gasteiger partial charge in [0.2, 0.25) is 0 Å². The molecule has 0 saturated carbocycles. The summed E-state index contributed by atoms with van der Waals surface area (Å²) in [7, 11) is 0. The van der Waals surface area contributed by atoms with Crippen LogP contribution in [0.3, 0.4) is 0 Å². The maximum absolute atomic E-state index is 3.53. The van der Waals surface area contributed by atoms with Crippen molar-refractivity contribution in [2.45, 2.75) is 33.2 Å². The molecule has 0 amide bonds. The average molecular weight is 307 g/mol. The van der Waals surface area contributed by atoms with Crippen LogP contribution in [0.4, 0.5) is 0 Å². The van der Waals surface area contributed by atoms with Gasteiger partial charge in [0.25, 0.3) is 0 Å². The Balaban J connectivity index is 2.01. The number of aromatic nitrogens is 1. The predicted octanol–water partition coefficient (Wildman–Crippen LogP) is 4.04. The second-order valence-electron chi connectivity index (χ2n) is 4.81. The van der Waals surface area contributed by atoms with Gasteiger partial charge in [0.05, 0.1) is 0 Å². The second kappa shape index (κ2) is 5.61. The molecule has 1 aromatic carbocycles. The summed E-state index contributed by atoms with van der Waals surface area (Å²) in [5, 5.41) is 0. The van der Waals surface area contributed by atoms with E-state index in [0.29, 0.717) is 6.04 Å². The third-order valence-electron chi connectivity index (χ3n) is 3.08. The van der Waals surface area contributed by atoms with E-state index in [-0.39, 0.29) is 0 Å². The van der Waals surface area contributed by atoms with Gasteiger partial charge >= 0.3 is 0 Å². The van der Waals surface area contributed by atoms with E-state index in [4.69, 9.17) is 0 Å². The van der Waals surface area contributed by atoms with Crippen LogP contribution >= 0.6 is 15.9 Å². The monoisotopic (exact) mass is 306 g/mol. The zero-order chi connectivity index (χ0) is 13.1. The fraction of sp³-hybridized carbons (Fsp3) is 0.333.